The van der Waals surface area contributed by atoms with Gasteiger partial charge in [0.1, 0.15) is 5.69 Å². The monoisotopic (exact) mass is 224 g/mol. The number of hydrogen-bond acceptors (Lipinski definition) is 4. The van der Waals surface area contributed by atoms with Crippen LogP contribution < -0.4 is 17.0 Å². The summed E-state index contributed by atoms with van der Waals surface area (Å²) < 4.78 is 1.48. The second kappa shape index (κ2) is 4.13. The molecule has 16 heavy (non-hydrogen) atoms. The van der Waals surface area contributed by atoms with Gasteiger partial charge in [-0.15, -0.1) is 0 Å². The SMILES string of the molecule is CN1CCCC1Cn1cc(N)c(=O)[nH]c1=O. The normalized spacial score (nSPS) is 21.4. The molecule has 6 nitrogen and oxygen atoms in total. The van der Waals surface area contributed by atoms with E-state index in [1.165, 1.54) is 10.8 Å². The molecule has 1 aromatic rings. The predicted molar refractivity (Wildman–Crippen MR) is 61.4 cm³/mol. The predicted octanol–water partition coefficient (Wildman–Crippen LogP) is -0.787. The highest BCUT2D eigenvalue weighted by Crippen LogP contribution is 2.15. The summed E-state index contributed by atoms with van der Waals surface area (Å²) in [6.45, 7) is 1.63. The Morgan fingerprint density at radius 3 is 2.94 bits per heavy atom. The Morgan fingerprint density at radius 1 is 1.56 bits per heavy atom. The van der Waals surface area contributed by atoms with E-state index < -0.39 is 5.56 Å². The number of likely N-dealkylation sites (N-methyl/N-ethyl adjacent to an activating group) is 1. The van der Waals surface area contributed by atoms with Gasteiger partial charge in [0.2, 0.25) is 0 Å². The van der Waals surface area contributed by atoms with Gasteiger partial charge in [-0.1, -0.05) is 0 Å². The van der Waals surface area contributed by atoms with Gasteiger partial charge in [-0.25, -0.2) is 4.79 Å². The largest absolute Gasteiger partial charge is 0.393 e. The fourth-order valence-corrected chi connectivity index (χ4v) is 2.10. The lowest BCUT2D eigenvalue weighted by atomic mass is 10.2. The number of nitrogens with zero attached hydrogens (tertiary/aromatic N) is 2. The molecule has 0 spiro atoms. The van der Waals surface area contributed by atoms with Gasteiger partial charge in [-0.2, -0.15) is 0 Å². The van der Waals surface area contributed by atoms with Gasteiger partial charge in [0.25, 0.3) is 5.56 Å². The van der Waals surface area contributed by atoms with Crippen molar-refractivity contribution in [3.8, 4) is 0 Å². The summed E-state index contributed by atoms with van der Waals surface area (Å²) in [5, 5.41) is 0. The Kier molecular flexibility index (Phi) is 2.82. The van der Waals surface area contributed by atoms with Crippen LogP contribution in [0.5, 0.6) is 0 Å². The van der Waals surface area contributed by atoms with Crippen LogP contribution in [0.2, 0.25) is 0 Å². The van der Waals surface area contributed by atoms with Gasteiger partial charge >= 0.3 is 5.69 Å². The summed E-state index contributed by atoms with van der Waals surface area (Å²) in [5.74, 6) is 0. The molecule has 6 heteroatoms. The third kappa shape index (κ3) is 2.01. The van der Waals surface area contributed by atoms with E-state index in [1.807, 2.05) is 7.05 Å². The standard InChI is InChI=1S/C10H16N4O2/c1-13-4-2-3-7(13)5-14-6-8(11)9(15)12-10(14)16/h6-7H,2-5,11H2,1H3,(H,12,15,16). The van der Waals surface area contributed by atoms with Gasteiger partial charge in [0, 0.05) is 18.8 Å². The molecule has 1 fully saturated rings. The van der Waals surface area contributed by atoms with Gasteiger partial charge in [-0.05, 0) is 26.4 Å². The highest BCUT2D eigenvalue weighted by atomic mass is 16.2. The molecular weight excluding hydrogens is 208 g/mol. The van der Waals surface area contributed by atoms with Crippen molar-refractivity contribution < 1.29 is 0 Å². The quantitative estimate of drug-likeness (QED) is 0.689. The maximum absolute atomic E-state index is 11.5. The molecule has 2 heterocycles. The van der Waals surface area contributed by atoms with Gasteiger partial charge in [-0.3, -0.25) is 14.3 Å². The maximum atomic E-state index is 11.5. The van der Waals surface area contributed by atoms with E-state index in [-0.39, 0.29) is 11.4 Å². The number of nitrogen functional groups attached to an aromatic ring is 1. The van der Waals surface area contributed by atoms with Crippen LogP contribution in [0.25, 0.3) is 0 Å². The lowest BCUT2D eigenvalue weighted by Crippen LogP contribution is -2.37. The number of hydrogen-bond donors (Lipinski definition) is 2. The minimum atomic E-state index is -0.513. The molecule has 1 aliphatic heterocycles. The average molecular weight is 224 g/mol. The molecule has 1 saturated heterocycles. The fraction of sp³-hybridized carbons (Fsp3) is 0.600. The summed E-state index contributed by atoms with van der Waals surface area (Å²) in [6, 6.07) is 0.350. The number of likely N-dealkylation sites (tertiary alicyclic amines) is 1. The molecular formula is C10H16N4O2. The van der Waals surface area contributed by atoms with Gasteiger partial charge in [0.15, 0.2) is 0 Å². The third-order valence-corrected chi connectivity index (χ3v) is 3.12. The van der Waals surface area contributed by atoms with Gasteiger partial charge < -0.3 is 10.6 Å². The van der Waals surface area contributed by atoms with Crippen LogP contribution in [0.3, 0.4) is 0 Å². The summed E-state index contributed by atoms with van der Waals surface area (Å²) in [4.78, 5) is 27.0. The molecule has 88 valence electrons. The first kappa shape index (κ1) is 10.9. The zero-order chi connectivity index (χ0) is 11.7. The summed E-state index contributed by atoms with van der Waals surface area (Å²) in [7, 11) is 2.04. The van der Waals surface area contributed by atoms with Crippen LogP contribution in [0.1, 0.15) is 12.8 Å². The summed E-state index contributed by atoms with van der Waals surface area (Å²) >= 11 is 0. The third-order valence-electron chi connectivity index (χ3n) is 3.12. The van der Waals surface area contributed by atoms with E-state index in [1.54, 1.807) is 0 Å². The smallest absolute Gasteiger partial charge is 0.328 e. The zero-order valence-corrected chi connectivity index (χ0v) is 9.27. The Labute approximate surface area is 92.7 Å². The molecule has 1 atom stereocenters. The first-order valence-corrected chi connectivity index (χ1v) is 5.37. The Morgan fingerprint density at radius 2 is 2.31 bits per heavy atom. The topological polar surface area (TPSA) is 84.1 Å². The number of anilines is 1. The van der Waals surface area contributed by atoms with Crippen molar-refractivity contribution in [2.45, 2.75) is 25.4 Å². The van der Waals surface area contributed by atoms with E-state index in [2.05, 4.69) is 9.88 Å². The van der Waals surface area contributed by atoms with E-state index in [4.69, 9.17) is 5.73 Å². The van der Waals surface area contributed by atoms with Gasteiger partial charge in [0.05, 0.1) is 0 Å². The van der Waals surface area contributed by atoms with Crippen LogP contribution >= 0.6 is 0 Å². The van der Waals surface area contributed by atoms with Crippen LogP contribution in [-0.4, -0.2) is 34.1 Å². The molecule has 0 bridgehead atoms. The molecule has 0 amide bonds. The lowest BCUT2D eigenvalue weighted by molar-refractivity contribution is 0.279. The fourth-order valence-electron chi connectivity index (χ4n) is 2.10. The van der Waals surface area contributed by atoms with Crippen molar-refractivity contribution in [2.75, 3.05) is 19.3 Å². The number of nitrogens with one attached hydrogen (secondary N) is 1. The minimum absolute atomic E-state index is 0.0836. The number of H-pyrrole nitrogens is 1. The van der Waals surface area contributed by atoms with Crippen molar-refractivity contribution in [1.82, 2.24) is 14.5 Å². The second-order valence-electron chi connectivity index (χ2n) is 4.27. The minimum Gasteiger partial charge on any atom is -0.393 e. The Hall–Kier alpha value is -1.56. The summed E-state index contributed by atoms with van der Waals surface area (Å²) in [6.07, 6.45) is 3.64. The number of aromatic amines is 1. The lowest BCUT2D eigenvalue weighted by Gasteiger charge is -2.20. The molecule has 1 unspecified atom stereocenters. The number of aromatic nitrogens is 2. The molecule has 0 aliphatic carbocycles. The highest BCUT2D eigenvalue weighted by Gasteiger charge is 2.21. The first-order valence-electron chi connectivity index (χ1n) is 5.37. The second-order valence-corrected chi connectivity index (χ2v) is 4.27. The molecule has 0 radical (unpaired) electrons. The van der Waals surface area contributed by atoms with E-state index in [9.17, 15) is 9.59 Å². The Bertz CT molecular complexity index is 490. The van der Waals surface area contributed by atoms with E-state index in [0.29, 0.717) is 12.6 Å². The van der Waals surface area contributed by atoms with Crippen LogP contribution in [0, 0.1) is 0 Å². The van der Waals surface area contributed by atoms with Crippen LogP contribution in [0.15, 0.2) is 15.8 Å². The molecule has 1 aromatic heterocycles. The zero-order valence-electron chi connectivity index (χ0n) is 9.27. The number of nitrogens with two attached hydrogens (primary N) is 1. The highest BCUT2D eigenvalue weighted by molar-refractivity contribution is 5.30. The van der Waals surface area contributed by atoms with Crippen molar-refractivity contribution >= 4 is 5.69 Å². The molecule has 1 aliphatic rings. The van der Waals surface area contributed by atoms with Crippen LogP contribution in [-0.2, 0) is 6.54 Å². The summed E-state index contributed by atoms with van der Waals surface area (Å²) in [5.41, 5.74) is 4.66. The molecule has 0 aromatic carbocycles. The van der Waals surface area contributed by atoms with Crippen LogP contribution in [0.4, 0.5) is 5.69 Å². The average Bonchev–Trinajstić information content (AvgIpc) is 2.61. The molecule has 3 N–H and O–H groups in total. The Balaban J connectivity index is 2.24. The van der Waals surface area contributed by atoms with Crippen molar-refractivity contribution in [3.05, 3.63) is 27.0 Å². The van der Waals surface area contributed by atoms with Crippen molar-refractivity contribution in [1.29, 1.82) is 0 Å². The molecule has 2 rings (SSSR count). The first-order chi connectivity index (χ1) is 7.58. The van der Waals surface area contributed by atoms with E-state index in [0.717, 1.165) is 19.4 Å². The maximum Gasteiger partial charge on any atom is 0.328 e. The molecule has 0 saturated carbocycles. The number of rotatable bonds is 2. The van der Waals surface area contributed by atoms with Crippen molar-refractivity contribution in [2.24, 2.45) is 0 Å². The van der Waals surface area contributed by atoms with Crippen molar-refractivity contribution in [3.63, 3.8) is 0 Å². The van der Waals surface area contributed by atoms with E-state index >= 15 is 0 Å².